The summed E-state index contributed by atoms with van der Waals surface area (Å²) in [6.45, 7) is 2.22. The van der Waals surface area contributed by atoms with Crippen LogP contribution in [0.5, 0.6) is 0 Å². The van der Waals surface area contributed by atoms with Gasteiger partial charge in [-0.3, -0.25) is 0 Å². The average molecular weight is 262 g/mol. The van der Waals surface area contributed by atoms with Crippen molar-refractivity contribution in [2.45, 2.75) is 18.4 Å². The summed E-state index contributed by atoms with van der Waals surface area (Å²) in [6.07, 6.45) is 0. The predicted molar refractivity (Wildman–Crippen MR) is 59.2 cm³/mol. The Morgan fingerprint density at radius 3 is 2.69 bits per heavy atom. The number of rotatable bonds is 2. The van der Waals surface area contributed by atoms with Crippen LogP contribution in [-0.4, -0.2) is 13.2 Å². The quantitative estimate of drug-likeness (QED) is 0.769. The minimum Gasteiger partial charge on any atom is -0.335 e. The Morgan fingerprint density at radius 1 is 1.44 bits per heavy atom. The molecule has 0 N–H and O–H groups in total. The maximum Gasteiger partial charge on any atom is 0.365 e. The Morgan fingerprint density at radius 2 is 2.12 bits per heavy atom. The fourth-order valence-electron chi connectivity index (χ4n) is 1.48. The van der Waals surface area contributed by atoms with Gasteiger partial charge in [-0.1, -0.05) is 0 Å². The maximum absolute atomic E-state index is 11.3. The normalized spacial score (nSPS) is 12.1. The van der Waals surface area contributed by atoms with Crippen molar-refractivity contribution in [1.82, 2.24) is 4.74 Å². The first kappa shape index (κ1) is 11.2. The van der Waals surface area contributed by atoms with Gasteiger partial charge in [-0.15, -0.1) is 0 Å². The van der Waals surface area contributed by atoms with Crippen LogP contribution in [0.15, 0.2) is 32.4 Å². The van der Waals surface area contributed by atoms with Crippen molar-refractivity contribution >= 4 is 30.6 Å². The first-order valence-electron chi connectivity index (χ1n) is 4.52. The molecule has 0 aliphatic rings. The van der Waals surface area contributed by atoms with Crippen molar-refractivity contribution in [2.75, 3.05) is 0 Å². The third kappa shape index (κ3) is 1.74. The summed E-state index contributed by atoms with van der Waals surface area (Å²) in [5.74, 6) is 0. The molecule has 0 saturated heterocycles. The number of aromatic nitrogens is 1. The highest BCUT2D eigenvalue weighted by Crippen LogP contribution is 2.20. The summed E-state index contributed by atoms with van der Waals surface area (Å²) in [4.78, 5) is 11.3. The lowest BCUT2D eigenvalue weighted by atomic mass is 10.2. The molecular weight excluding hydrogens is 254 g/mol. The number of fused-ring (bicyclic) bond motifs is 1. The van der Waals surface area contributed by atoms with Gasteiger partial charge in [-0.2, -0.15) is 0 Å². The van der Waals surface area contributed by atoms with Crippen LogP contribution in [0.25, 0.3) is 10.9 Å². The molecule has 0 atom stereocenters. The summed E-state index contributed by atoms with van der Waals surface area (Å²) < 4.78 is 28.5. The number of nitrogens with zero attached hydrogens (tertiary/aromatic N) is 1. The smallest absolute Gasteiger partial charge is 0.335 e. The number of aryl methyl sites for hydroxylation is 1. The summed E-state index contributed by atoms with van der Waals surface area (Å²) >= 11 is 0. The second kappa shape index (κ2) is 3.64. The summed E-state index contributed by atoms with van der Waals surface area (Å²) in [7, 11) is 1.42. The van der Waals surface area contributed by atoms with E-state index in [2.05, 4.69) is 0 Å². The van der Waals surface area contributed by atoms with Gasteiger partial charge in [0.15, 0.2) is 0 Å². The van der Waals surface area contributed by atoms with Crippen LogP contribution in [0.2, 0.25) is 0 Å². The Balaban J connectivity index is 2.84. The van der Waals surface area contributed by atoms with Gasteiger partial charge >= 0.3 is 5.63 Å². The Bertz CT molecular complexity index is 698. The average Bonchev–Trinajstić information content (AvgIpc) is 2.54. The van der Waals surface area contributed by atoms with Gasteiger partial charge < -0.3 is 4.52 Å². The third-order valence-electron chi connectivity index (χ3n) is 2.22. The van der Waals surface area contributed by atoms with Crippen LogP contribution in [0.4, 0.5) is 0 Å². The first-order chi connectivity index (χ1) is 7.43. The molecule has 86 valence electrons. The van der Waals surface area contributed by atoms with Crippen molar-refractivity contribution < 1.29 is 12.9 Å². The molecule has 0 bridgehead atoms. The molecule has 2 aromatic rings. The number of hydrogen-bond donors (Lipinski definition) is 0. The first-order valence-corrected chi connectivity index (χ1v) is 6.83. The van der Waals surface area contributed by atoms with Crippen molar-refractivity contribution in [1.29, 1.82) is 0 Å². The molecule has 0 saturated carbocycles. The highest BCUT2D eigenvalue weighted by Gasteiger charge is 2.14. The minimum absolute atomic E-state index is 0.0512. The van der Waals surface area contributed by atoms with Gasteiger partial charge in [0.05, 0.1) is 22.3 Å². The lowest BCUT2D eigenvalue weighted by molar-refractivity contribution is 0.270. The van der Waals surface area contributed by atoms with E-state index in [0.29, 0.717) is 17.4 Å². The number of halogens is 1. The highest BCUT2D eigenvalue weighted by molar-refractivity contribution is 8.13. The second-order valence-corrected chi connectivity index (χ2v) is 5.76. The molecule has 0 fully saturated rings. The molecule has 1 aromatic carbocycles. The van der Waals surface area contributed by atoms with Crippen molar-refractivity contribution in [3.63, 3.8) is 0 Å². The fraction of sp³-hybridized carbons (Fsp3) is 0.222. The zero-order valence-electron chi connectivity index (χ0n) is 8.31. The predicted octanol–water partition coefficient (Wildman–Crippen LogP) is 1.54. The highest BCUT2D eigenvalue weighted by atomic mass is 35.7. The van der Waals surface area contributed by atoms with E-state index in [-0.39, 0.29) is 4.90 Å². The SMILES string of the molecule is CCn1oc(=O)c2ccc(S(=O)(=O)Cl)cc21. The van der Waals surface area contributed by atoms with E-state index in [4.69, 9.17) is 15.2 Å². The summed E-state index contributed by atoms with van der Waals surface area (Å²) in [5.41, 5.74) is -0.0652. The van der Waals surface area contributed by atoms with Crippen LogP contribution in [-0.2, 0) is 15.6 Å². The van der Waals surface area contributed by atoms with Crippen LogP contribution < -0.4 is 5.63 Å². The molecule has 0 aliphatic heterocycles. The molecule has 0 spiro atoms. The Kier molecular flexibility index (Phi) is 2.55. The largest absolute Gasteiger partial charge is 0.365 e. The molecule has 16 heavy (non-hydrogen) atoms. The molecular formula is C9H8ClNO4S. The fourth-order valence-corrected chi connectivity index (χ4v) is 2.25. The third-order valence-corrected chi connectivity index (χ3v) is 3.57. The molecule has 5 nitrogen and oxygen atoms in total. The Labute approximate surface area is 95.6 Å². The van der Waals surface area contributed by atoms with Gasteiger partial charge in [-0.05, 0) is 25.1 Å². The molecule has 0 aliphatic carbocycles. The molecule has 7 heteroatoms. The van der Waals surface area contributed by atoms with Crippen molar-refractivity contribution in [2.24, 2.45) is 0 Å². The van der Waals surface area contributed by atoms with Gasteiger partial charge in [0.1, 0.15) is 0 Å². The lowest BCUT2D eigenvalue weighted by Gasteiger charge is -1.98. The Hall–Kier alpha value is -1.27. The zero-order valence-corrected chi connectivity index (χ0v) is 9.88. The molecule has 0 unspecified atom stereocenters. The van der Waals surface area contributed by atoms with E-state index in [1.165, 1.54) is 22.9 Å². The monoisotopic (exact) mass is 261 g/mol. The van der Waals surface area contributed by atoms with E-state index in [1.54, 1.807) is 6.92 Å². The van der Waals surface area contributed by atoms with E-state index >= 15 is 0 Å². The topological polar surface area (TPSA) is 69.3 Å². The molecule has 1 aromatic heterocycles. The van der Waals surface area contributed by atoms with Crippen LogP contribution in [0.1, 0.15) is 6.92 Å². The van der Waals surface area contributed by atoms with Gasteiger partial charge in [0.2, 0.25) is 0 Å². The number of benzene rings is 1. The van der Waals surface area contributed by atoms with Crippen molar-refractivity contribution in [3.8, 4) is 0 Å². The van der Waals surface area contributed by atoms with E-state index in [1.807, 2.05) is 0 Å². The molecule has 0 amide bonds. The zero-order chi connectivity index (χ0) is 11.9. The molecule has 0 radical (unpaired) electrons. The molecule has 1 heterocycles. The van der Waals surface area contributed by atoms with Gasteiger partial charge in [0.25, 0.3) is 9.05 Å². The van der Waals surface area contributed by atoms with Crippen molar-refractivity contribution in [3.05, 3.63) is 28.6 Å². The maximum atomic E-state index is 11.3. The summed E-state index contributed by atoms with van der Waals surface area (Å²) in [5, 5.41) is 0.339. The van der Waals surface area contributed by atoms with Crippen LogP contribution in [0.3, 0.4) is 0 Å². The van der Waals surface area contributed by atoms with Crippen LogP contribution >= 0.6 is 10.7 Å². The minimum atomic E-state index is -3.79. The van der Waals surface area contributed by atoms with Gasteiger partial charge in [-0.25, -0.2) is 18.0 Å². The van der Waals surface area contributed by atoms with E-state index < -0.39 is 14.7 Å². The second-order valence-electron chi connectivity index (χ2n) is 3.19. The van der Waals surface area contributed by atoms with E-state index in [9.17, 15) is 13.2 Å². The van der Waals surface area contributed by atoms with Gasteiger partial charge in [0, 0.05) is 10.7 Å². The summed E-state index contributed by atoms with van der Waals surface area (Å²) in [6, 6.07) is 4.00. The molecule has 2 rings (SSSR count). The number of hydrogen-bond acceptors (Lipinski definition) is 4. The van der Waals surface area contributed by atoms with E-state index in [0.717, 1.165) is 0 Å². The van der Waals surface area contributed by atoms with Crippen LogP contribution in [0, 0.1) is 0 Å². The lowest BCUT2D eigenvalue weighted by Crippen LogP contribution is -1.94. The standard InChI is InChI=1S/C9H8ClNO4S/c1-2-11-8-5-6(16(10,13)14)3-4-7(8)9(12)15-11/h3-5H,2H2,1H3.